The zero-order chi connectivity index (χ0) is 12.3. The predicted octanol–water partition coefficient (Wildman–Crippen LogP) is 2.93. The minimum Gasteiger partial charge on any atom is -0.384 e. The summed E-state index contributed by atoms with van der Waals surface area (Å²) in [6.45, 7) is 0. The van der Waals surface area contributed by atoms with Gasteiger partial charge in [-0.25, -0.2) is 4.98 Å². The molecule has 0 saturated heterocycles. The molecule has 0 aliphatic heterocycles. The van der Waals surface area contributed by atoms with Crippen LogP contribution in [0.2, 0.25) is 5.15 Å². The Bertz CT molecular complexity index is 447. The molecule has 0 radical (unpaired) electrons. The van der Waals surface area contributed by atoms with Gasteiger partial charge in [-0.05, 0) is 12.8 Å². The van der Waals surface area contributed by atoms with E-state index in [9.17, 15) is 0 Å². The number of hydrogen-bond donors (Lipinski definition) is 2. The minimum absolute atomic E-state index is 0.172. The van der Waals surface area contributed by atoms with Gasteiger partial charge in [0.05, 0.1) is 5.69 Å². The summed E-state index contributed by atoms with van der Waals surface area (Å²) in [7, 11) is 0. The Hall–Kier alpha value is -1.47. The van der Waals surface area contributed by atoms with Gasteiger partial charge in [0, 0.05) is 12.1 Å². The van der Waals surface area contributed by atoms with Crippen molar-refractivity contribution >= 4 is 23.1 Å². The Balaban J connectivity index is 2.22. The van der Waals surface area contributed by atoms with Gasteiger partial charge in [-0.15, -0.1) is 0 Å². The van der Waals surface area contributed by atoms with E-state index in [2.05, 4.69) is 16.4 Å². The monoisotopic (exact) mass is 250 g/mol. The van der Waals surface area contributed by atoms with E-state index in [0.29, 0.717) is 23.1 Å². The molecule has 1 aromatic rings. The van der Waals surface area contributed by atoms with Gasteiger partial charge in [-0.3, -0.25) is 0 Å². The summed E-state index contributed by atoms with van der Waals surface area (Å²) in [5, 5.41) is 12.6. The third kappa shape index (κ3) is 2.80. The molecule has 0 aromatic carbocycles. The quantitative estimate of drug-likeness (QED) is 0.792. The van der Waals surface area contributed by atoms with E-state index >= 15 is 0 Å². The van der Waals surface area contributed by atoms with Crippen molar-refractivity contribution in [1.29, 1.82) is 5.26 Å². The van der Waals surface area contributed by atoms with Crippen molar-refractivity contribution in [2.45, 2.75) is 38.1 Å². The average molecular weight is 251 g/mol. The van der Waals surface area contributed by atoms with Crippen LogP contribution in [0.1, 0.15) is 37.7 Å². The Morgan fingerprint density at radius 2 is 2.12 bits per heavy atom. The molecule has 90 valence electrons. The van der Waals surface area contributed by atoms with Gasteiger partial charge in [0.2, 0.25) is 0 Å². The van der Waals surface area contributed by atoms with Crippen LogP contribution < -0.4 is 11.1 Å². The molecular formula is C12H15ClN4. The van der Waals surface area contributed by atoms with Gasteiger partial charge in [0.15, 0.2) is 5.15 Å². The highest BCUT2D eigenvalue weighted by atomic mass is 35.5. The maximum Gasteiger partial charge on any atom is 0.151 e. The van der Waals surface area contributed by atoms with Gasteiger partial charge in [0.1, 0.15) is 17.5 Å². The minimum atomic E-state index is 0.172. The maximum absolute atomic E-state index is 9.06. The predicted molar refractivity (Wildman–Crippen MR) is 68.9 cm³/mol. The number of halogens is 1. The summed E-state index contributed by atoms with van der Waals surface area (Å²) in [6.07, 6.45) is 6.01. The molecule has 5 heteroatoms. The van der Waals surface area contributed by atoms with Crippen molar-refractivity contribution in [1.82, 2.24) is 4.98 Å². The fourth-order valence-corrected chi connectivity index (χ4v) is 2.46. The lowest BCUT2D eigenvalue weighted by Gasteiger charge is -2.24. The fourth-order valence-electron chi connectivity index (χ4n) is 2.22. The van der Waals surface area contributed by atoms with Crippen LogP contribution >= 0.6 is 11.6 Å². The van der Waals surface area contributed by atoms with Crippen molar-refractivity contribution in [2.75, 3.05) is 11.1 Å². The van der Waals surface area contributed by atoms with Crippen LogP contribution in [-0.4, -0.2) is 11.0 Å². The standard InChI is InChI=1S/C12H15ClN4/c13-12-9(7-14)10(6-11(15)17-12)16-8-4-2-1-3-5-8/h6,8H,1-5H2,(H3,15,16,17). The molecule has 1 aliphatic carbocycles. The molecule has 0 bridgehead atoms. The van der Waals surface area contributed by atoms with E-state index in [1.807, 2.05) is 0 Å². The number of hydrogen-bond acceptors (Lipinski definition) is 4. The lowest BCUT2D eigenvalue weighted by molar-refractivity contribution is 0.462. The molecule has 1 saturated carbocycles. The number of rotatable bonds is 2. The number of nitrogens with two attached hydrogens (primary N) is 1. The summed E-state index contributed by atoms with van der Waals surface area (Å²) in [5.74, 6) is 0.340. The molecule has 1 fully saturated rings. The zero-order valence-corrected chi connectivity index (χ0v) is 10.3. The van der Waals surface area contributed by atoms with Gasteiger partial charge in [-0.1, -0.05) is 30.9 Å². The first-order valence-electron chi connectivity index (χ1n) is 5.83. The first kappa shape index (κ1) is 12.0. The SMILES string of the molecule is N#Cc1c(NC2CCCCC2)cc(N)nc1Cl. The molecule has 17 heavy (non-hydrogen) atoms. The van der Waals surface area contributed by atoms with Gasteiger partial charge in [-0.2, -0.15) is 5.26 Å². The second-order valence-corrected chi connectivity index (χ2v) is 4.71. The van der Waals surface area contributed by atoms with Gasteiger partial charge >= 0.3 is 0 Å². The third-order valence-corrected chi connectivity index (χ3v) is 3.35. The third-order valence-electron chi connectivity index (χ3n) is 3.07. The van der Waals surface area contributed by atoms with Crippen molar-refractivity contribution in [2.24, 2.45) is 0 Å². The van der Waals surface area contributed by atoms with Crippen molar-refractivity contribution in [3.63, 3.8) is 0 Å². The lowest BCUT2D eigenvalue weighted by atomic mass is 9.95. The van der Waals surface area contributed by atoms with Crippen molar-refractivity contribution in [3.8, 4) is 6.07 Å². The number of nitrogens with one attached hydrogen (secondary N) is 1. The van der Waals surface area contributed by atoms with Crippen LogP contribution in [0.25, 0.3) is 0 Å². The number of nitrogen functional groups attached to an aromatic ring is 1. The molecule has 0 spiro atoms. The summed E-state index contributed by atoms with van der Waals surface area (Å²) in [5.41, 5.74) is 6.73. The summed E-state index contributed by atoms with van der Waals surface area (Å²) >= 11 is 5.90. The van der Waals surface area contributed by atoms with Crippen molar-refractivity contribution < 1.29 is 0 Å². The topological polar surface area (TPSA) is 74.7 Å². The van der Waals surface area contributed by atoms with Gasteiger partial charge in [0.25, 0.3) is 0 Å². The van der Waals surface area contributed by atoms with E-state index in [-0.39, 0.29) is 5.15 Å². The number of aromatic nitrogens is 1. The average Bonchev–Trinajstić information content (AvgIpc) is 2.30. The Morgan fingerprint density at radius 3 is 2.76 bits per heavy atom. The molecule has 0 amide bonds. The molecule has 1 aliphatic rings. The van der Waals surface area contributed by atoms with Crippen LogP contribution in [0.15, 0.2) is 6.07 Å². The molecule has 2 rings (SSSR count). The van der Waals surface area contributed by atoms with Crippen LogP contribution in [0.3, 0.4) is 0 Å². The molecule has 3 N–H and O–H groups in total. The summed E-state index contributed by atoms with van der Waals surface area (Å²) in [6, 6.07) is 4.16. The zero-order valence-electron chi connectivity index (χ0n) is 9.54. The number of anilines is 2. The number of nitriles is 1. The highest BCUT2D eigenvalue weighted by Crippen LogP contribution is 2.27. The van der Waals surface area contributed by atoms with Crippen LogP contribution in [0, 0.1) is 11.3 Å². The molecule has 0 unspecified atom stereocenters. The summed E-state index contributed by atoms with van der Waals surface area (Å²) in [4.78, 5) is 3.88. The van der Waals surface area contributed by atoms with Crippen LogP contribution in [0.5, 0.6) is 0 Å². The lowest BCUT2D eigenvalue weighted by Crippen LogP contribution is -2.23. The maximum atomic E-state index is 9.06. The van der Waals surface area contributed by atoms with Gasteiger partial charge < -0.3 is 11.1 Å². The van der Waals surface area contributed by atoms with E-state index in [1.54, 1.807) is 6.07 Å². The highest BCUT2D eigenvalue weighted by Gasteiger charge is 2.16. The normalized spacial score (nSPS) is 16.5. The molecule has 4 nitrogen and oxygen atoms in total. The van der Waals surface area contributed by atoms with E-state index in [4.69, 9.17) is 22.6 Å². The number of nitrogens with zero attached hydrogens (tertiary/aromatic N) is 2. The Labute approximate surface area is 106 Å². The molecule has 1 aromatic heterocycles. The first-order valence-corrected chi connectivity index (χ1v) is 6.21. The number of pyridine rings is 1. The Kier molecular flexibility index (Phi) is 3.70. The molecule has 0 atom stereocenters. The largest absolute Gasteiger partial charge is 0.384 e. The van der Waals surface area contributed by atoms with Crippen LogP contribution in [-0.2, 0) is 0 Å². The fraction of sp³-hybridized carbons (Fsp3) is 0.500. The highest BCUT2D eigenvalue weighted by molar-refractivity contribution is 6.31. The smallest absolute Gasteiger partial charge is 0.151 e. The van der Waals surface area contributed by atoms with E-state index in [1.165, 1.54) is 19.3 Å². The van der Waals surface area contributed by atoms with E-state index in [0.717, 1.165) is 12.8 Å². The second kappa shape index (κ2) is 5.24. The van der Waals surface area contributed by atoms with Crippen molar-refractivity contribution in [3.05, 3.63) is 16.8 Å². The first-order chi connectivity index (χ1) is 8.20. The molecule has 1 heterocycles. The van der Waals surface area contributed by atoms with Crippen LogP contribution in [0.4, 0.5) is 11.5 Å². The second-order valence-electron chi connectivity index (χ2n) is 4.35. The Morgan fingerprint density at radius 1 is 1.41 bits per heavy atom. The molecular weight excluding hydrogens is 236 g/mol. The summed E-state index contributed by atoms with van der Waals surface area (Å²) < 4.78 is 0. The van der Waals surface area contributed by atoms with E-state index < -0.39 is 0 Å².